The SMILES string of the molecule is CN(C1CCN(C(=O)c2cc3ccccc3o2)CC1)S(C)(=O)=O. The Morgan fingerprint density at radius 3 is 2.52 bits per heavy atom. The Morgan fingerprint density at radius 2 is 1.91 bits per heavy atom. The van der Waals surface area contributed by atoms with Gasteiger partial charge in [-0.1, -0.05) is 18.2 Å². The van der Waals surface area contributed by atoms with E-state index in [1.165, 1.54) is 10.6 Å². The number of hydrogen-bond donors (Lipinski definition) is 0. The third-order valence-electron chi connectivity index (χ3n) is 4.43. The quantitative estimate of drug-likeness (QED) is 0.859. The summed E-state index contributed by atoms with van der Waals surface area (Å²) in [4.78, 5) is 14.3. The topological polar surface area (TPSA) is 70.8 Å². The van der Waals surface area contributed by atoms with Crippen LogP contribution in [0.4, 0.5) is 0 Å². The molecular weight excluding hydrogens is 316 g/mol. The molecule has 1 saturated heterocycles. The number of hydrogen-bond acceptors (Lipinski definition) is 4. The van der Waals surface area contributed by atoms with Crippen molar-refractivity contribution >= 4 is 26.9 Å². The summed E-state index contributed by atoms with van der Waals surface area (Å²) in [7, 11) is -1.60. The number of nitrogens with zero attached hydrogens (tertiary/aromatic N) is 2. The van der Waals surface area contributed by atoms with Gasteiger partial charge in [-0.15, -0.1) is 0 Å². The van der Waals surface area contributed by atoms with Gasteiger partial charge in [0.05, 0.1) is 6.26 Å². The minimum Gasteiger partial charge on any atom is -0.451 e. The van der Waals surface area contributed by atoms with E-state index in [4.69, 9.17) is 4.42 Å². The molecule has 124 valence electrons. The predicted molar refractivity (Wildman–Crippen MR) is 87.7 cm³/mol. The van der Waals surface area contributed by atoms with Gasteiger partial charge in [-0.05, 0) is 25.0 Å². The number of rotatable bonds is 3. The lowest BCUT2D eigenvalue weighted by Gasteiger charge is -2.35. The summed E-state index contributed by atoms with van der Waals surface area (Å²) < 4.78 is 30.2. The van der Waals surface area contributed by atoms with Crippen LogP contribution >= 0.6 is 0 Å². The molecule has 0 bridgehead atoms. The van der Waals surface area contributed by atoms with Crippen LogP contribution in [0.3, 0.4) is 0 Å². The summed E-state index contributed by atoms with van der Waals surface area (Å²) in [6.07, 6.45) is 2.48. The van der Waals surface area contributed by atoms with E-state index >= 15 is 0 Å². The molecule has 1 aliphatic rings. The maximum Gasteiger partial charge on any atom is 0.289 e. The third kappa shape index (κ3) is 3.25. The fraction of sp³-hybridized carbons (Fsp3) is 0.438. The van der Waals surface area contributed by atoms with E-state index in [-0.39, 0.29) is 11.9 Å². The zero-order valence-electron chi connectivity index (χ0n) is 13.2. The van der Waals surface area contributed by atoms with Crippen LogP contribution in [0.5, 0.6) is 0 Å². The second kappa shape index (κ2) is 5.98. The highest BCUT2D eigenvalue weighted by molar-refractivity contribution is 7.88. The first-order valence-corrected chi connectivity index (χ1v) is 9.42. The Bertz CT molecular complexity index is 786. The first-order chi connectivity index (χ1) is 10.9. The normalized spacial score (nSPS) is 17.1. The van der Waals surface area contributed by atoms with Gasteiger partial charge in [0, 0.05) is 31.6 Å². The highest BCUT2D eigenvalue weighted by Gasteiger charge is 2.30. The summed E-state index contributed by atoms with van der Waals surface area (Å²) in [5.41, 5.74) is 0.697. The smallest absolute Gasteiger partial charge is 0.289 e. The van der Waals surface area contributed by atoms with Crippen LogP contribution in [-0.4, -0.2) is 56.0 Å². The molecule has 6 nitrogen and oxygen atoms in total. The van der Waals surface area contributed by atoms with Gasteiger partial charge in [-0.3, -0.25) is 4.79 Å². The second-order valence-electron chi connectivity index (χ2n) is 5.95. The van der Waals surface area contributed by atoms with Crippen LogP contribution in [0.2, 0.25) is 0 Å². The molecule has 2 aromatic rings. The Morgan fingerprint density at radius 1 is 1.26 bits per heavy atom. The number of sulfonamides is 1. The molecule has 0 aliphatic carbocycles. The van der Waals surface area contributed by atoms with Crippen molar-refractivity contribution in [3.8, 4) is 0 Å². The fourth-order valence-corrected chi connectivity index (χ4v) is 3.70. The van der Waals surface area contributed by atoms with E-state index in [0.29, 0.717) is 37.3 Å². The molecular formula is C16H20N2O4S. The van der Waals surface area contributed by atoms with Gasteiger partial charge >= 0.3 is 0 Å². The van der Waals surface area contributed by atoms with Gasteiger partial charge < -0.3 is 9.32 Å². The monoisotopic (exact) mass is 336 g/mol. The Hall–Kier alpha value is -1.86. The van der Waals surface area contributed by atoms with Gasteiger partial charge in [0.1, 0.15) is 5.58 Å². The molecule has 0 N–H and O–H groups in total. The summed E-state index contributed by atoms with van der Waals surface area (Å²) in [5, 5.41) is 0.905. The Kier molecular flexibility index (Phi) is 4.16. The van der Waals surface area contributed by atoms with Crippen LogP contribution in [0.15, 0.2) is 34.7 Å². The maximum absolute atomic E-state index is 12.5. The van der Waals surface area contributed by atoms with Gasteiger partial charge in [0.25, 0.3) is 5.91 Å². The largest absolute Gasteiger partial charge is 0.451 e. The molecule has 1 aliphatic heterocycles. The average molecular weight is 336 g/mol. The molecule has 0 saturated carbocycles. The van der Waals surface area contributed by atoms with Gasteiger partial charge in [0.15, 0.2) is 5.76 Å². The summed E-state index contributed by atoms with van der Waals surface area (Å²) in [5.74, 6) is 0.197. The number of piperidine rings is 1. The second-order valence-corrected chi connectivity index (χ2v) is 7.99. The van der Waals surface area contributed by atoms with E-state index < -0.39 is 10.0 Å². The average Bonchev–Trinajstić information content (AvgIpc) is 2.96. The minimum absolute atomic E-state index is 0.0512. The van der Waals surface area contributed by atoms with Crippen molar-refractivity contribution in [1.29, 1.82) is 0 Å². The highest BCUT2D eigenvalue weighted by atomic mass is 32.2. The molecule has 0 atom stereocenters. The molecule has 2 heterocycles. The van der Waals surface area contributed by atoms with Crippen molar-refractivity contribution in [2.75, 3.05) is 26.4 Å². The van der Waals surface area contributed by atoms with Gasteiger partial charge in [-0.25, -0.2) is 12.7 Å². The predicted octanol–water partition coefficient (Wildman–Crippen LogP) is 1.93. The number of likely N-dealkylation sites (tertiary alicyclic amines) is 1. The number of para-hydroxylation sites is 1. The van der Waals surface area contributed by atoms with Gasteiger partial charge in [0.2, 0.25) is 10.0 Å². The number of furan rings is 1. The number of amides is 1. The molecule has 0 spiro atoms. The molecule has 1 aromatic heterocycles. The number of carbonyl (C=O) groups excluding carboxylic acids is 1. The van der Waals surface area contributed by atoms with E-state index in [1.807, 2.05) is 24.3 Å². The molecule has 1 fully saturated rings. The van der Waals surface area contributed by atoms with Crippen molar-refractivity contribution in [2.24, 2.45) is 0 Å². The lowest BCUT2D eigenvalue weighted by Crippen LogP contribution is -2.46. The lowest BCUT2D eigenvalue weighted by atomic mass is 10.1. The third-order valence-corrected chi connectivity index (χ3v) is 5.77. The molecule has 23 heavy (non-hydrogen) atoms. The maximum atomic E-state index is 12.5. The molecule has 1 amide bonds. The molecule has 3 rings (SSSR count). The standard InChI is InChI=1S/C16H20N2O4S/c1-17(23(2,20)21)13-7-9-18(10-8-13)16(19)15-11-12-5-3-4-6-14(12)22-15/h3-6,11,13H,7-10H2,1-2H3. The van der Waals surface area contributed by atoms with Crippen LogP contribution in [0.1, 0.15) is 23.4 Å². The zero-order chi connectivity index (χ0) is 16.6. The summed E-state index contributed by atoms with van der Waals surface area (Å²) in [6.45, 7) is 1.06. The van der Waals surface area contributed by atoms with E-state index in [9.17, 15) is 13.2 Å². The van der Waals surface area contributed by atoms with Crippen molar-refractivity contribution in [3.05, 3.63) is 36.1 Å². The van der Waals surface area contributed by atoms with Crippen LogP contribution < -0.4 is 0 Å². The van der Waals surface area contributed by atoms with Gasteiger partial charge in [-0.2, -0.15) is 0 Å². The first-order valence-electron chi connectivity index (χ1n) is 7.57. The van der Waals surface area contributed by atoms with Crippen LogP contribution in [-0.2, 0) is 10.0 Å². The van der Waals surface area contributed by atoms with Crippen molar-refractivity contribution in [2.45, 2.75) is 18.9 Å². The van der Waals surface area contributed by atoms with E-state index in [0.717, 1.165) is 5.39 Å². The Balaban J connectivity index is 1.68. The molecule has 7 heteroatoms. The summed E-state index contributed by atoms with van der Waals surface area (Å²) >= 11 is 0. The van der Waals surface area contributed by atoms with Crippen LogP contribution in [0, 0.1) is 0 Å². The number of benzene rings is 1. The lowest BCUT2D eigenvalue weighted by molar-refractivity contribution is 0.0657. The molecule has 1 aromatic carbocycles. The van der Waals surface area contributed by atoms with E-state index in [1.54, 1.807) is 18.0 Å². The Labute approximate surface area is 135 Å². The highest BCUT2D eigenvalue weighted by Crippen LogP contribution is 2.23. The van der Waals surface area contributed by atoms with Crippen LogP contribution in [0.25, 0.3) is 11.0 Å². The first kappa shape index (κ1) is 16.0. The number of carbonyl (C=O) groups is 1. The molecule has 0 unspecified atom stereocenters. The fourth-order valence-electron chi connectivity index (χ4n) is 2.95. The minimum atomic E-state index is -3.20. The number of fused-ring (bicyclic) bond motifs is 1. The summed E-state index contributed by atoms with van der Waals surface area (Å²) in [6, 6.07) is 9.21. The molecule has 0 radical (unpaired) electrons. The van der Waals surface area contributed by atoms with Crippen molar-refractivity contribution < 1.29 is 17.6 Å². The van der Waals surface area contributed by atoms with E-state index in [2.05, 4.69) is 0 Å². The van der Waals surface area contributed by atoms with Crippen molar-refractivity contribution in [1.82, 2.24) is 9.21 Å². The zero-order valence-corrected chi connectivity index (χ0v) is 14.0. The van der Waals surface area contributed by atoms with Crippen molar-refractivity contribution in [3.63, 3.8) is 0 Å².